The summed E-state index contributed by atoms with van der Waals surface area (Å²) in [6, 6.07) is 20.3. The lowest BCUT2D eigenvalue weighted by atomic mass is 9.96. The molecule has 4 heteroatoms. The van der Waals surface area contributed by atoms with Crippen LogP contribution in [0.25, 0.3) is 10.8 Å². The van der Waals surface area contributed by atoms with Crippen LogP contribution in [0.3, 0.4) is 0 Å². The number of benzene rings is 3. The van der Waals surface area contributed by atoms with Gasteiger partial charge in [0.15, 0.2) is 0 Å². The lowest BCUT2D eigenvalue weighted by molar-refractivity contribution is 0.650. The molecule has 1 aliphatic rings. The predicted molar refractivity (Wildman–Crippen MR) is 124 cm³/mol. The number of fused-ring (bicyclic) bond motifs is 1. The fourth-order valence-electron chi connectivity index (χ4n) is 3.54. The molecule has 0 aromatic heterocycles. The monoisotopic (exact) mass is 394 g/mol. The first kappa shape index (κ1) is 19.9. The summed E-state index contributed by atoms with van der Waals surface area (Å²) in [7, 11) is 0. The van der Waals surface area contributed by atoms with Gasteiger partial charge in [0.2, 0.25) is 0 Å². The van der Waals surface area contributed by atoms with Gasteiger partial charge in [-0.3, -0.25) is 0 Å². The summed E-state index contributed by atoms with van der Waals surface area (Å²) in [6.45, 7) is 4.49. The number of hydrogen-bond acceptors (Lipinski definition) is 4. The third-order valence-corrected chi connectivity index (χ3v) is 5.00. The van der Waals surface area contributed by atoms with Gasteiger partial charge in [-0.05, 0) is 72.5 Å². The van der Waals surface area contributed by atoms with Crippen LogP contribution in [0.2, 0.25) is 0 Å². The molecule has 0 saturated heterocycles. The number of nitrogens with zero attached hydrogens (tertiary/aromatic N) is 4. The van der Waals surface area contributed by atoms with E-state index in [-0.39, 0.29) is 0 Å². The minimum atomic E-state index is 0.613. The van der Waals surface area contributed by atoms with Crippen molar-refractivity contribution in [3.8, 4) is 0 Å². The molecule has 4 nitrogen and oxygen atoms in total. The van der Waals surface area contributed by atoms with E-state index >= 15 is 0 Å². The van der Waals surface area contributed by atoms with Crippen molar-refractivity contribution in [2.45, 2.75) is 33.1 Å². The standard InChI is InChI=1S/C26H26N4/c1-19(2)18-20-12-17-26(25-11-7-6-10-24(20)25)30-29-23-15-13-22(14-16-23)28-27-21-8-4-3-5-9-21/h4,6-17,19H,3,5,18H2,1-2H3. The highest BCUT2D eigenvalue weighted by Gasteiger charge is 2.07. The molecule has 3 aromatic rings. The Morgan fingerprint density at radius 3 is 2.10 bits per heavy atom. The first-order chi connectivity index (χ1) is 14.7. The molecule has 4 rings (SSSR count). The van der Waals surface area contributed by atoms with E-state index in [9.17, 15) is 0 Å². The molecule has 0 radical (unpaired) electrons. The molecular formula is C26H26N4. The predicted octanol–water partition coefficient (Wildman–Crippen LogP) is 8.77. The second kappa shape index (κ2) is 9.40. The Balaban J connectivity index is 1.52. The van der Waals surface area contributed by atoms with E-state index in [2.05, 4.69) is 82.9 Å². The zero-order chi connectivity index (χ0) is 20.8. The van der Waals surface area contributed by atoms with Crippen molar-refractivity contribution in [2.24, 2.45) is 26.4 Å². The van der Waals surface area contributed by atoms with Gasteiger partial charge in [-0.15, -0.1) is 5.11 Å². The van der Waals surface area contributed by atoms with Crippen LogP contribution < -0.4 is 0 Å². The molecule has 0 amide bonds. The molecule has 0 N–H and O–H groups in total. The van der Waals surface area contributed by atoms with Gasteiger partial charge in [0.25, 0.3) is 0 Å². The lowest BCUT2D eigenvalue weighted by Gasteiger charge is -2.10. The van der Waals surface area contributed by atoms with E-state index in [0.29, 0.717) is 5.92 Å². The van der Waals surface area contributed by atoms with Crippen molar-refractivity contribution in [3.05, 3.63) is 90.2 Å². The van der Waals surface area contributed by atoms with Gasteiger partial charge in [-0.2, -0.15) is 15.3 Å². The summed E-state index contributed by atoms with van der Waals surface area (Å²) < 4.78 is 0. The van der Waals surface area contributed by atoms with Gasteiger partial charge in [0.1, 0.15) is 0 Å². The van der Waals surface area contributed by atoms with Crippen LogP contribution in [0.4, 0.5) is 17.1 Å². The number of hydrogen-bond donors (Lipinski definition) is 0. The molecule has 0 unspecified atom stereocenters. The van der Waals surface area contributed by atoms with Crippen molar-refractivity contribution < 1.29 is 0 Å². The first-order valence-corrected chi connectivity index (χ1v) is 10.5. The van der Waals surface area contributed by atoms with E-state index in [1.165, 1.54) is 10.9 Å². The maximum atomic E-state index is 4.53. The van der Waals surface area contributed by atoms with Crippen LogP contribution in [0.15, 0.2) is 105 Å². The Morgan fingerprint density at radius 2 is 1.43 bits per heavy atom. The van der Waals surface area contributed by atoms with Gasteiger partial charge in [-0.1, -0.05) is 56.3 Å². The van der Waals surface area contributed by atoms with Gasteiger partial charge >= 0.3 is 0 Å². The maximum absolute atomic E-state index is 4.53. The smallest absolute Gasteiger partial charge is 0.0935 e. The van der Waals surface area contributed by atoms with Crippen LogP contribution in [-0.4, -0.2) is 0 Å². The fraction of sp³-hybridized carbons (Fsp3) is 0.231. The summed E-state index contributed by atoms with van der Waals surface area (Å²) in [5, 5.41) is 19.9. The van der Waals surface area contributed by atoms with Crippen LogP contribution in [0.5, 0.6) is 0 Å². The molecule has 30 heavy (non-hydrogen) atoms. The Kier molecular flexibility index (Phi) is 6.23. The van der Waals surface area contributed by atoms with E-state index < -0.39 is 0 Å². The largest absolute Gasteiger partial charge is 0.151 e. The Hall–Kier alpha value is -3.40. The average molecular weight is 395 g/mol. The number of rotatable bonds is 6. The highest BCUT2D eigenvalue weighted by Crippen LogP contribution is 2.31. The fourth-order valence-corrected chi connectivity index (χ4v) is 3.54. The zero-order valence-corrected chi connectivity index (χ0v) is 17.5. The van der Waals surface area contributed by atoms with Gasteiger partial charge in [-0.25, -0.2) is 0 Å². The molecule has 3 aromatic carbocycles. The summed E-state index contributed by atoms with van der Waals surface area (Å²) in [5.74, 6) is 0.613. The second-order valence-electron chi connectivity index (χ2n) is 7.91. The molecular weight excluding hydrogens is 368 g/mol. The second-order valence-corrected chi connectivity index (χ2v) is 7.91. The van der Waals surface area contributed by atoms with E-state index in [4.69, 9.17) is 0 Å². The van der Waals surface area contributed by atoms with Crippen LogP contribution in [-0.2, 0) is 6.42 Å². The number of azo groups is 2. The molecule has 0 heterocycles. The van der Waals surface area contributed by atoms with Gasteiger partial charge in [0, 0.05) is 5.39 Å². The van der Waals surface area contributed by atoms with Crippen molar-refractivity contribution in [1.82, 2.24) is 0 Å². The highest BCUT2D eigenvalue weighted by molar-refractivity contribution is 5.94. The van der Waals surface area contributed by atoms with Crippen molar-refractivity contribution in [2.75, 3.05) is 0 Å². The molecule has 1 aliphatic carbocycles. The Morgan fingerprint density at radius 1 is 0.733 bits per heavy atom. The average Bonchev–Trinajstić information content (AvgIpc) is 2.78. The molecule has 150 valence electrons. The Bertz CT molecular complexity index is 1140. The van der Waals surface area contributed by atoms with Gasteiger partial charge < -0.3 is 0 Å². The highest BCUT2D eigenvalue weighted by atomic mass is 15.1. The van der Waals surface area contributed by atoms with Crippen molar-refractivity contribution in [1.29, 1.82) is 0 Å². The summed E-state index contributed by atoms with van der Waals surface area (Å²) in [5.41, 5.74) is 4.76. The molecule has 0 aliphatic heterocycles. The minimum Gasteiger partial charge on any atom is -0.151 e. The van der Waals surface area contributed by atoms with Crippen LogP contribution in [0.1, 0.15) is 32.3 Å². The molecule has 0 atom stereocenters. The molecule has 0 spiro atoms. The maximum Gasteiger partial charge on any atom is 0.0935 e. The lowest BCUT2D eigenvalue weighted by Crippen LogP contribution is -1.94. The summed E-state index contributed by atoms with van der Waals surface area (Å²) >= 11 is 0. The van der Waals surface area contributed by atoms with Crippen LogP contribution in [0, 0.1) is 5.92 Å². The zero-order valence-electron chi connectivity index (χ0n) is 17.5. The van der Waals surface area contributed by atoms with E-state index in [1.807, 2.05) is 30.3 Å². The molecule has 0 bridgehead atoms. The van der Waals surface area contributed by atoms with Crippen molar-refractivity contribution in [3.63, 3.8) is 0 Å². The van der Waals surface area contributed by atoms with Crippen molar-refractivity contribution >= 4 is 27.8 Å². The minimum absolute atomic E-state index is 0.613. The third kappa shape index (κ3) is 4.95. The topological polar surface area (TPSA) is 49.4 Å². The van der Waals surface area contributed by atoms with E-state index in [0.717, 1.165) is 47.4 Å². The normalized spacial score (nSPS) is 14.3. The van der Waals surface area contributed by atoms with E-state index in [1.54, 1.807) is 0 Å². The first-order valence-electron chi connectivity index (χ1n) is 10.5. The third-order valence-electron chi connectivity index (χ3n) is 5.00. The van der Waals surface area contributed by atoms with Gasteiger partial charge in [0.05, 0.1) is 22.8 Å². The Labute approximate surface area is 177 Å². The SMILES string of the molecule is CC(C)Cc1ccc(N=Nc2ccc(N=NC3=CCCC=C3)cc2)c2ccccc12. The summed E-state index contributed by atoms with van der Waals surface area (Å²) in [4.78, 5) is 0. The molecule has 0 saturated carbocycles. The quantitative estimate of drug-likeness (QED) is 0.375. The number of allylic oxidation sites excluding steroid dienone is 3. The summed E-state index contributed by atoms with van der Waals surface area (Å²) in [6.07, 6.45) is 9.39. The van der Waals surface area contributed by atoms with Crippen LogP contribution >= 0.6 is 0 Å². The molecule has 0 fully saturated rings.